The van der Waals surface area contributed by atoms with Gasteiger partial charge in [-0.05, 0) is 12.1 Å². The second-order valence-corrected chi connectivity index (χ2v) is 3.33. The van der Waals surface area contributed by atoms with Gasteiger partial charge < -0.3 is 15.0 Å². The summed E-state index contributed by atoms with van der Waals surface area (Å²) < 4.78 is 9.98. The molecule has 15 heavy (non-hydrogen) atoms. The number of methoxy groups -OCH3 is 1. The van der Waals surface area contributed by atoms with Gasteiger partial charge in [-0.2, -0.15) is 0 Å². The van der Waals surface area contributed by atoms with Crippen molar-refractivity contribution in [2.45, 2.75) is 0 Å². The van der Waals surface area contributed by atoms with Crippen molar-refractivity contribution in [1.29, 1.82) is 0 Å². The summed E-state index contributed by atoms with van der Waals surface area (Å²) in [7, 11) is 1.57. The van der Waals surface area contributed by atoms with Crippen LogP contribution in [0.3, 0.4) is 0 Å². The van der Waals surface area contributed by atoms with E-state index in [0.717, 1.165) is 0 Å². The number of aromatic nitrogens is 1. The quantitative estimate of drug-likeness (QED) is 0.852. The highest BCUT2D eigenvalue weighted by atomic mass is 35.5. The zero-order valence-corrected chi connectivity index (χ0v) is 8.78. The minimum Gasteiger partial charge on any atom is -0.496 e. The zero-order chi connectivity index (χ0) is 10.8. The van der Waals surface area contributed by atoms with Gasteiger partial charge in [0.05, 0.1) is 23.9 Å². The normalized spacial score (nSPS) is 10.3. The van der Waals surface area contributed by atoms with E-state index >= 15 is 0 Å². The number of nitrogen functional groups attached to an aromatic ring is 1. The molecule has 2 aromatic rings. The van der Waals surface area contributed by atoms with E-state index < -0.39 is 0 Å². The van der Waals surface area contributed by atoms with E-state index in [0.29, 0.717) is 21.9 Å². The summed E-state index contributed by atoms with van der Waals surface area (Å²) >= 11 is 6.07. The fourth-order valence-corrected chi connectivity index (χ4v) is 1.64. The highest BCUT2D eigenvalue weighted by Crippen LogP contribution is 2.38. The van der Waals surface area contributed by atoms with Crippen molar-refractivity contribution in [3.8, 4) is 16.9 Å². The fourth-order valence-electron chi connectivity index (χ4n) is 1.37. The predicted octanol–water partition coefficient (Wildman–Crippen LogP) is 2.59. The maximum Gasteiger partial charge on any atom is 0.230 e. The summed E-state index contributed by atoms with van der Waals surface area (Å²) in [5.74, 6) is 0.860. The van der Waals surface area contributed by atoms with E-state index in [2.05, 4.69) is 5.16 Å². The first-order valence-electron chi connectivity index (χ1n) is 4.27. The molecule has 0 aliphatic carbocycles. The Labute approximate surface area is 91.6 Å². The van der Waals surface area contributed by atoms with Crippen LogP contribution in [0.1, 0.15) is 0 Å². The number of hydrogen-bond acceptors (Lipinski definition) is 4. The van der Waals surface area contributed by atoms with E-state index in [9.17, 15) is 0 Å². The summed E-state index contributed by atoms with van der Waals surface area (Å²) in [6.45, 7) is 0. The van der Waals surface area contributed by atoms with Crippen molar-refractivity contribution < 1.29 is 9.26 Å². The molecule has 0 saturated heterocycles. The number of rotatable bonds is 2. The van der Waals surface area contributed by atoms with Crippen LogP contribution in [0.2, 0.25) is 5.02 Å². The number of ether oxygens (including phenoxy) is 1. The van der Waals surface area contributed by atoms with Crippen molar-refractivity contribution in [2.75, 3.05) is 12.8 Å². The lowest BCUT2D eigenvalue weighted by Crippen LogP contribution is -1.90. The molecule has 0 aliphatic heterocycles. The Bertz CT molecular complexity index is 482. The summed E-state index contributed by atoms with van der Waals surface area (Å²) in [6.07, 6.45) is 1.51. The minimum absolute atomic E-state index is 0.224. The van der Waals surface area contributed by atoms with Gasteiger partial charge in [0.15, 0.2) is 0 Å². The van der Waals surface area contributed by atoms with Gasteiger partial charge in [0.1, 0.15) is 5.75 Å². The maximum absolute atomic E-state index is 6.07. The second kappa shape index (κ2) is 3.82. The molecule has 78 valence electrons. The van der Waals surface area contributed by atoms with E-state index in [-0.39, 0.29) is 5.88 Å². The molecule has 1 aromatic heterocycles. The first kappa shape index (κ1) is 9.86. The molecule has 0 fully saturated rings. The summed E-state index contributed by atoms with van der Waals surface area (Å²) in [6, 6.07) is 5.36. The fraction of sp³-hybridized carbons (Fsp3) is 0.100. The van der Waals surface area contributed by atoms with Crippen molar-refractivity contribution in [1.82, 2.24) is 5.16 Å². The van der Waals surface area contributed by atoms with Gasteiger partial charge in [0, 0.05) is 5.56 Å². The molecule has 2 rings (SSSR count). The number of nitrogens with two attached hydrogens (primary N) is 1. The van der Waals surface area contributed by atoms with Crippen LogP contribution in [0.5, 0.6) is 5.75 Å². The standard InChI is InChI=1S/C10H9ClN2O2/c1-14-8-4-2-3-7(11)9(8)6-5-13-15-10(6)12/h2-5H,12H2,1H3. The summed E-state index contributed by atoms with van der Waals surface area (Å²) in [5, 5.41) is 4.15. The Morgan fingerprint density at radius 1 is 1.47 bits per heavy atom. The van der Waals surface area contributed by atoms with Gasteiger partial charge in [-0.1, -0.05) is 22.8 Å². The van der Waals surface area contributed by atoms with Gasteiger partial charge in [0.2, 0.25) is 5.88 Å². The van der Waals surface area contributed by atoms with Gasteiger partial charge in [-0.3, -0.25) is 0 Å². The maximum atomic E-state index is 6.07. The Hall–Kier alpha value is -1.68. The smallest absolute Gasteiger partial charge is 0.230 e. The molecular weight excluding hydrogens is 216 g/mol. The number of hydrogen-bond donors (Lipinski definition) is 1. The topological polar surface area (TPSA) is 61.3 Å². The third kappa shape index (κ3) is 1.64. The van der Waals surface area contributed by atoms with E-state index in [1.165, 1.54) is 6.20 Å². The monoisotopic (exact) mass is 224 g/mol. The highest BCUT2D eigenvalue weighted by molar-refractivity contribution is 6.33. The second-order valence-electron chi connectivity index (χ2n) is 2.92. The molecule has 5 heteroatoms. The Morgan fingerprint density at radius 2 is 2.27 bits per heavy atom. The molecule has 0 amide bonds. The molecule has 0 radical (unpaired) electrons. The third-order valence-corrected chi connectivity index (χ3v) is 2.38. The van der Waals surface area contributed by atoms with Crippen molar-refractivity contribution in [3.63, 3.8) is 0 Å². The van der Waals surface area contributed by atoms with Crippen molar-refractivity contribution in [2.24, 2.45) is 0 Å². The molecule has 0 spiro atoms. The van der Waals surface area contributed by atoms with Crippen LogP contribution in [-0.4, -0.2) is 12.3 Å². The lowest BCUT2D eigenvalue weighted by Gasteiger charge is -2.08. The van der Waals surface area contributed by atoms with Gasteiger partial charge >= 0.3 is 0 Å². The molecule has 0 atom stereocenters. The minimum atomic E-state index is 0.224. The van der Waals surface area contributed by atoms with Crippen LogP contribution in [-0.2, 0) is 0 Å². The first-order chi connectivity index (χ1) is 7.24. The molecule has 1 aromatic carbocycles. The predicted molar refractivity (Wildman–Crippen MR) is 57.9 cm³/mol. The molecule has 0 bridgehead atoms. The van der Waals surface area contributed by atoms with Crippen LogP contribution >= 0.6 is 11.6 Å². The summed E-state index contributed by atoms with van der Waals surface area (Å²) in [4.78, 5) is 0. The Balaban J connectivity index is 2.66. The highest BCUT2D eigenvalue weighted by Gasteiger charge is 2.15. The Kier molecular flexibility index (Phi) is 2.51. The lowest BCUT2D eigenvalue weighted by atomic mass is 10.1. The molecular formula is C10H9ClN2O2. The summed E-state index contributed by atoms with van der Waals surface area (Å²) in [5.41, 5.74) is 6.95. The zero-order valence-electron chi connectivity index (χ0n) is 8.03. The van der Waals surface area contributed by atoms with Crippen molar-refractivity contribution in [3.05, 3.63) is 29.4 Å². The number of halogens is 1. The number of nitrogens with zero attached hydrogens (tertiary/aromatic N) is 1. The molecule has 0 unspecified atom stereocenters. The number of anilines is 1. The van der Waals surface area contributed by atoms with E-state index in [4.69, 9.17) is 26.6 Å². The average molecular weight is 225 g/mol. The molecule has 0 saturated carbocycles. The largest absolute Gasteiger partial charge is 0.496 e. The van der Waals surface area contributed by atoms with Crippen LogP contribution < -0.4 is 10.5 Å². The molecule has 0 aliphatic rings. The average Bonchev–Trinajstić information content (AvgIpc) is 2.64. The van der Waals surface area contributed by atoms with Gasteiger partial charge in [-0.15, -0.1) is 0 Å². The van der Waals surface area contributed by atoms with Gasteiger partial charge in [0.25, 0.3) is 0 Å². The number of benzene rings is 1. The van der Waals surface area contributed by atoms with Gasteiger partial charge in [-0.25, -0.2) is 0 Å². The van der Waals surface area contributed by atoms with Crippen LogP contribution in [0.25, 0.3) is 11.1 Å². The van der Waals surface area contributed by atoms with Crippen LogP contribution in [0.15, 0.2) is 28.9 Å². The van der Waals surface area contributed by atoms with Crippen LogP contribution in [0.4, 0.5) is 5.88 Å². The van der Waals surface area contributed by atoms with E-state index in [1.54, 1.807) is 25.3 Å². The molecule has 2 N–H and O–H groups in total. The molecule has 4 nitrogen and oxygen atoms in total. The van der Waals surface area contributed by atoms with Crippen LogP contribution in [0, 0.1) is 0 Å². The third-order valence-electron chi connectivity index (χ3n) is 2.06. The lowest BCUT2D eigenvalue weighted by molar-refractivity contribution is 0.416. The van der Waals surface area contributed by atoms with E-state index in [1.807, 2.05) is 0 Å². The molecule has 1 heterocycles. The Morgan fingerprint density at radius 3 is 2.87 bits per heavy atom. The first-order valence-corrected chi connectivity index (χ1v) is 4.65. The van der Waals surface area contributed by atoms with Crippen molar-refractivity contribution >= 4 is 17.5 Å². The SMILES string of the molecule is COc1cccc(Cl)c1-c1cnoc1N.